The van der Waals surface area contributed by atoms with E-state index in [0.717, 1.165) is 18.0 Å². The highest BCUT2D eigenvalue weighted by Crippen LogP contribution is 2.23. The number of aryl methyl sites for hydroxylation is 1. The minimum atomic E-state index is -1.28. The number of nitro groups is 1. The number of carboxylic acids is 1. The van der Waals surface area contributed by atoms with E-state index in [1.807, 2.05) is 0 Å². The molecule has 0 saturated carbocycles. The van der Waals surface area contributed by atoms with E-state index in [9.17, 15) is 14.9 Å². The second-order valence-electron chi connectivity index (χ2n) is 4.16. The summed E-state index contributed by atoms with van der Waals surface area (Å²) in [6.07, 6.45) is 4.17. The number of nitrogens with one attached hydrogen (secondary N) is 1. The molecule has 2 heterocycles. The van der Waals surface area contributed by atoms with Crippen LogP contribution in [0.15, 0.2) is 24.7 Å². The maximum Gasteiger partial charge on any atom is 0.337 e. The molecule has 9 heteroatoms. The Kier molecular flexibility index (Phi) is 4.02. The molecule has 108 valence electrons. The molecule has 0 saturated heterocycles. The lowest BCUT2D eigenvalue weighted by Crippen LogP contribution is -2.08. The van der Waals surface area contributed by atoms with E-state index >= 15 is 0 Å². The van der Waals surface area contributed by atoms with E-state index in [-0.39, 0.29) is 17.9 Å². The van der Waals surface area contributed by atoms with Gasteiger partial charge in [0.2, 0.25) is 5.82 Å². The molecule has 0 spiro atoms. The highest BCUT2D eigenvalue weighted by atomic mass is 16.6. The van der Waals surface area contributed by atoms with Crippen LogP contribution < -0.4 is 5.32 Å². The van der Waals surface area contributed by atoms with Crippen LogP contribution in [0.25, 0.3) is 0 Å². The number of carboxylic acid groups (broad SMARTS) is 1. The third-order valence-electron chi connectivity index (χ3n) is 2.58. The number of hydrogen-bond donors (Lipinski definition) is 2. The first-order valence-corrected chi connectivity index (χ1v) is 5.86. The quantitative estimate of drug-likeness (QED) is 0.623. The summed E-state index contributed by atoms with van der Waals surface area (Å²) in [4.78, 5) is 33.0. The van der Waals surface area contributed by atoms with Gasteiger partial charge in [-0.25, -0.2) is 9.78 Å². The van der Waals surface area contributed by atoms with Gasteiger partial charge in [-0.15, -0.1) is 0 Å². The summed E-state index contributed by atoms with van der Waals surface area (Å²) in [7, 11) is 0. The average molecular weight is 289 g/mol. The first kappa shape index (κ1) is 14.3. The maximum absolute atomic E-state index is 11.0. The van der Waals surface area contributed by atoms with Gasteiger partial charge < -0.3 is 10.4 Å². The van der Waals surface area contributed by atoms with Crippen molar-refractivity contribution in [2.75, 3.05) is 5.32 Å². The highest BCUT2D eigenvalue weighted by Gasteiger charge is 2.18. The molecular weight excluding hydrogens is 278 g/mol. The van der Waals surface area contributed by atoms with Crippen LogP contribution in [0.4, 0.5) is 11.5 Å². The van der Waals surface area contributed by atoms with Crippen LogP contribution in [0.3, 0.4) is 0 Å². The normalized spacial score (nSPS) is 10.1. The molecular formula is C12H11N5O4. The van der Waals surface area contributed by atoms with E-state index in [2.05, 4.69) is 20.3 Å². The average Bonchev–Trinajstić information content (AvgIpc) is 2.46. The van der Waals surface area contributed by atoms with Crippen molar-refractivity contribution >= 4 is 17.5 Å². The number of hydrogen-bond acceptors (Lipinski definition) is 7. The van der Waals surface area contributed by atoms with Gasteiger partial charge in [0, 0.05) is 18.5 Å². The summed E-state index contributed by atoms with van der Waals surface area (Å²) in [5.41, 5.74) is 0.685. The molecule has 9 nitrogen and oxygen atoms in total. The molecule has 2 aromatic rings. The molecule has 0 atom stereocenters. The number of aromatic carboxylic acids is 1. The Labute approximate surface area is 118 Å². The van der Waals surface area contributed by atoms with Gasteiger partial charge in [-0.3, -0.25) is 20.1 Å². The van der Waals surface area contributed by atoms with Gasteiger partial charge in [-0.05, 0) is 6.92 Å². The molecule has 0 radical (unpaired) electrons. The van der Waals surface area contributed by atoms with E-state index in [1.54, 1.807) is 19.3 Å². The minimum absolute atomic E-state index is 0.0209. The summed E-state index contributed by atoms with van der Waals surface area (Å²) in [6.45, 7) is 1.98. The van der Waals surface area contributed by atoms with E-state index < -0.39 is 16.6 Å². The number of aromatic nitrogens is 3. The van der Waals surface area contributed by atoms with Crippen LogP contribution >= 0.6 is 0 Å². The molecule has 0 aromatic carbocycles. The first-order valence-electron chi connectivity index (χ1n) is 5.86. The van der Waals surface area contributed by atoms with Crippen LogP contribution in [0.5, 0.6) is 0 Å². The zero-order valence-corrected chi connectivity index (χ0v) is 11.0. The fourth-order valence-electron chi connectivity index (χ4n) is 1.53. The monoisotopic (exact) mass is 289 g/mol. The van der Waals surface area contributed by atoms with Gasteiger partial charge in [-0.1, -0.05) is 0 Å². The summed E-state index contributed by atoms with van der Waals surface area (Å²) in [6, 6.07) is 0.957. The van der Waals surface area contributed by atoms with E-state index in [4.69, 9.17) is 5.11 Å². The van der Waals surface area contributed by atoms with Crippen molar-refractivity contribution in [1.29, 1.82) is 0 Å². The summed E-state index contributed by atoms with van der Waals surface area (Å²) < 4.78 is 0. The standard InChI is InChI=1S/C12H11N5O4/c1-7-3-14-9(5-13-7)6-16-11-10(17(20)21)2-8(4-15-11)12(18)19/h2-5H,6H2,1H3,(H,15,16)(H,18,19). The summed E-state index contributed by atoms with van der Waals surface area (Å²) in [5, 5.41) is 22.5. The van der Waals surface area contributed by atoms with E-state index in [1.165, 1.54) is 0 Å². The van der Waals surface area contributed by atoms with Gasteiger partial charge in [0.15, 0.2) is 0 Å². The van der Waals surface area contributed by atoms with Crippen LogP contribution in [-0.2, 0) is 6.54 Å². The SMILES string of the molecule is Cc1cnc(CNc2ncc(C(=O)O)cc2[N+](=O)[O-])cn1. The number of rotatable bonds is 5. The second-order valence-corrected chi connectivity index (χ2v) is 4.16. The predicted molar refractivity (Wildman–Crippen MR) is 71.9 cm³/mol. The Balaban J connectivity index is 2.21. The maximum atomic E-state index is 11.0. The molecule has 2 N–H and O–H groups in total. The molecule has 0 aliphatic rings. The number of carbonyl (C=O) groups is 1. The molecule has 0 bridgehead atoms. The van der Waals surface area contributed by atoms with Crippen molar-refractivity contribution in [3.05, 3.63) is 51.7 Å². The van der Waals surface area contributed by atoms with Crippen LogP contribution in [0.1, 0.15) is 21.7 Å². The Bertz CT molecular complexity index is 687. The molecule has 21 heavy (non-hydrogen) atoms. The number of nitrogens with zero attached hydrogens (tertiary/aromatic N) is 4. The zero-order chi connectivity index (χ0) is 15.4. The lowest BCUT2D eigenvalue weighted by atomic mass is 10.2. The fraction of sp³-hybridized carbons (Fsp3) is 0.167. The van der Waals surface area contributed by atoms with Crippen molar-refractivity contribution in [3.8, 4) is 0 Å². The lowest BCUT2D eigenvalue weighted by Gasteiger charge is -2.06. The largest absolute Gasteiger partial charge is 0.478 e. The molecule has 0 aliphatic carbocycles. The first-order chi connectivity index (χ1) is 9.97. The predicted octanol–water partition coefficient (Wildman–Crippen LogP) is 1.40. The third-order valence-corrected chi connectivity index (χ3v) is 2.58. The number of anilines is 1. The van der Waals surface area contributed by atoms with Crippen molar-refractivity contribution in [1.82, 2.24) is 15.0 Å². The molecule has 2 rings (SSSR count). The van der Waals surface area contributed by atoms with Gasteiger partial charge in [-0.2, -0.15) is 0 Å². The topological polar surface area (TPSA) is 131 Å². The summed E-state index contributed by atoms with van der Waals surface area (Å²) in [5.74, 6) is -1.30. The van der Waals surface area contributed by atoms with Crippen molar-refractivity contribution in [3.63, 3.8) is 0 Å². The van der Waals surface area contributed by atoms with Crippen molar-refractivity contribution in [2.45, 2.75) is 13.5 Å². The Morgan fingerprint density at radius 1 is 1.33 bits per heavy atom. The molecule has 0 unspecified atom stereocenters. The number of pyridine rings is 1. The minimum Gasteiger partial charge on any atom is -0.478 e. The van der Waals surface area contributed by atoms with Gasteiger partial charge in [0.25, 0.3) is 0 Å². The second kappa shape index (κ2) is 5.90. The summed E-state index contributed by atoms with van der Waals surface area (Å²) >= 11 is 0. The van der Waals surface area contributed by atoms with Crippen molar-refractivity contribution in [2.24, 2.45) is 0 Å². The Morgan fingerprint density at radius 3 is 2.67 bits per heavy atom. The van der Waals surface area contributed by atoms with Crippen molar-refractivity contribution < 1.29 is 14.8 Å². The molecule has 0 amide bonds. The van der Waals surface area contributed by atoms with Gasteiger partial charge in [0.1, 0.15) is 0 Å². The van der Waals surface area contributed by atoms with Crippen LogP contribution in [-0.4, -0.2) is 31.0 Å². The Morgan fingerprint density at radius 2 is 2.10 bits per heavy atom. The van der Waals surface area contributed by atoms with Gasteiger partial charge in [0.05, 0.1) is 34.6 Å². The van der Waals surface area contributed by atoms with Crippen LogP contribution in [0.2, 0.25) is 0 Å². The fourth-order valence-corrected chi connectivity index (χ4v) is 1.53. The molecule has 2 aromatic heterocycles. The Hall–Kier alpha value is -3.10. The van der Waals surface area contributed by atoms with Crippen LogP contribution in [0, 0.1) is 17.0 Å². The van der Waals surface area contributed by atoms with E-state index in [0.29, 0.717) is 5.69 Å². The molecule has 0 aliphatic heterocycles. The smallest absolute Gasteiger partial charge is 0.337 e. The third kappa shape index (κ3) is 3.47. The molecule has 0 fully saturated rings. The zero-order valence-electron chi connectivity index (χ0n) is 11.0. The van der Waals surface area contributed by atoms with Gasteiger partial charge >= 0.3 is 11.7 Å². The lowest BCUT2D eigenvalue weighted by molar-refractivity contribution is -0.384. The highest BCUT2D eigenvalue weighted by molar-refractivity contribution is 5.88.